The topological polar surface area (TPSA) is 108 Å². The number of hydrogen-bond donors (Lipinski definition) is 2. The first-order chi connectivity index (χ1) is 14.8. The second-order valence-corrected chi connectivity index (χ2v) is 9.09. The molecule has 0 saturated carbocycles. The molecule has 8 nitrogen and oxygen atoms in total. The lowest BCUT2D eigenvalue weighted by Crippen LogP contribution is -2.35. The van der Waals surface area contributed by atoms with Crippen LogP contribution in [0.5, 0.6) is 0 Å². The molecule has 0 radical (unpaired) electrons. The molecule has 164 valence electrons. The van der Waals surface area contributed by atoms with E-state index in [1.807, 2.05) is 0 Å². The normalized spacial score (nSPS) is 14.6. The summed E-state index contributed by atoms with van der Waals surface area (Å²) in [4.78, 5) is 24.1. The third-order valence-electron chi connectivity index (χ3n) is 4.61. The van der Waals surface area contributed by atoms with Crippen LogP contribution >= 0.6 is 11.6 Å². The van der Waals surface area contributed by atoms with Crippen LogP contribution in [0, 0.1) is 5.82 Å². The Morgan fingerprint density at radius 3 is 2.45 bits per heavy atom. The highest BCUT2D eigenvalue weighted by Crippen LogP contribution is 2.21. The first-order valence-electron chi connectivity index (χ1n) is 9.43. The van der Waals surface area contributed by atoms with Gasteiger partial charge in [0.25, 0.3) is 11.8 Å². The van der Waals surface area contributed by atoms with E-state index in [1.165, 1.54) is 46.8 Å². The predicted molar refractivity (Wildman–Crippen MR) is 114 cm³/mol. The maximum absolute atomic E-state index is 13.6. The average molecular weight is 467 g/mol. The van der Waals surface area contributed by atoms with Gasteiger partial charge in [0.05, 0.1) is 22.7 Å². The van der Waals surface area contributed by atoms with Gasteiger partial charge in [-0.15, -0.1) is 0 Å². The van der Waals surface area contributed by atoms with Crippen molar-refractivity contribution in [2.24, 2.45) is 5.10 Å². The summed E-state index contributed by atoms with van der Waals surface area (Å²) < 4.78 is 40.0. The van der Waals surface area contributed by atoms with Gasteiger partial charge in [0.1, 0.15) is 5.82 Å². The molecule has 3 rings (SSSR count). The number of carbonyl (C=O) groups excluding carboxylic acids is 2. The van der Waals surface area contributed by atoms with Crippen LogP contribution in [-0.2, 0) is 14.8 Å². The molecule has 1 fully saturated rings. The lowest BCUT2D eigenvalue weighted by molar-refractivity contribution is -0.120. The van der Waals surface area contributed by atoms with Gasteiger partial charge in [0, 0.05) is 24.2 Å². The summed E-state index contributed by atoms with van der Waals surface area (Å²) in [6, 6.07) is 9.63. The number of carbonyl (C=O) groups is 2. The maximum atomic E-state index is 13.6. The van der Waals surface area contributed by atoms with E-state index in [0.29, 0.717) is 13.1 Å². The van der Waals surface area contributed by atoms with Crippen molar-refractivity contribution < 1.29 is 22.4 Å². The van der Waals surface area contributed by atoms with E-state index in [4.69, 9.17) is 11.6 Å². The average Bonchev–Trinajstić information content (AvgIpc) is 3.30. The lowest BCUT2D eigenvalue weighted by atomic mass is 10.2. The van der Waals surface area contributed by atoms with Gasteiger partial charge in [-0.1, -0.05) is 17.7 Å². The molecular formula is C20H20ClFN4O4S. The van der Waals surface area contributed by atoms with Crippen LogP contribution in [0.4, 0.5) is 4.39 Å². The Balaban J connectivity index is 1.52. The summed E-state index contributed by atoms with van der Waals surface area (Å²) in [6.45, 7) is 0.603. The molecule has 2 N–H and O–H groups in total. The molecule has 1 aliphatic rings. The highest BCUT2D eigenvalue weighted by atomic mass is 35.5. The van der Waals surface area contributed by atoms with E-state index in [-0.39, 0.29) is 27.6 Å². The molecule has 2 aromatic rings. The molecule has 0 bridgehead atoms. The van der Waals surface area contributed by atoms with Crippen molar-refractivity contribution in [3.8, 4) is 0 Å². The fourth-order valence-electron chi connectivity index (χ4n) is 2.96. The Morgan fingerprint density at radius 2 is 1.81 bits per heavy atom. The molecule has 2 aromatic carbocycles. The van der Waals surface area contributed by atoms with Crippen LogP contribution in [0.1, 0.15) is 28.8 Å². The number of amides is 2. The van der Waals surface area contributed by atoms with Gasteiger partial charge >= 0.3 is 0 Å². The second kappa shape index (κ2) is 9.99. The van der Waals surface area contributed by atoms with Gasteiger partial charge in [-0.25, -0.2) is 18.2 Å². The number of hydrogen-bond acceptors (Lipinski definition) is 5. The molecule has 0 unspecified atom stereocenters. The van der Waals surface area contributed by atoms with Gasteiger partial charge in [0.15, 0.2) is 0 Å². The molecule has 11 heteroatoms. The number of rotatable bonds is 7. The number of nitrogens with zero attached hydrogens (tertiary/aromatic N) is 2. The first-order valence-corrected chi connectivity index (χ1v) is 11.2. The van der Waals surface area contributed by atoms with Crippen molar-refractivity contribution in [2.75, 3.05) is 19.6 Å². The summed E-state index contributed by atoms with van der Waals surface area (Å²) in [5.74, 6) is -1.78. The van der Waals surface area contributed by atoms with Crippen LogP contribution in [0.25, 0.3) is 0 Å². The third-order valence-corrected chi connectivity index (χ3v) is 6.85. The van der Waals surface area contributed by atoms with Crippen molar-refractivity contribution in [1.29, 1.82) is 0 Å². The van der Waals surface area contributed by atoms with Crippen molar-refractivity contribution in [3.05, 3.63) is 64.4 Å². The minimum Gasteiger partial charge on any atom is -0.343 e. The molecule has 0 spiro atoms. The number of benzene rings is 2. The van der Waals surface area contributed by atoms with Crippen LogP contribution in [0.15, 0.2) is 52.5 Å². The van der Waals surface area contributed by atoms with E-state index in [1.54, 1.807) is 0 Å². The highest BCUT2D eigenvalue weighted by Gasteiger charge is 2.27. The van der Waals surface area contributed by atoms with E-state index in [0.717, 1.165) is 19.1 Å². The summed E-state index contributed by atoms with van der Waals surface area (Å²) in [6.07, 6.45) is 2.73. The fourth-order valence-corrected chi connectivity index (χ4v) is 4.69. The summed E-state index contributed by atoms with van der Waals surface area (Å²) >= 11 is 5.85. The van der Waals surface area contributed by atoms with Gasteiger partial charge < -0.3 is 5.32 Å². The second-order valence-electron chi connectivity index (χ2n) is 6.75. The third kappa shape index (κ3) is 5.66. The monoisotopic (exact) mass is 466 g/mol. The first kappa shape index (κ1) is 22.9. The zero-order chi connectivity index (χ0) is 22.4. The molecule has 0 aromatic heterocycles. The zero-order valence-electron chi connectivity index (χ0n) is 16.3. The van der Waals surface area contributed by atoms with Crippen LogP contribution in [0.2, 0.25) is 5.02 Å². The molecule has 1 aliphatic heterocycles. The van der Waals surface area contributed by atoms with Crippen molar-refractivity contribution in [2.45, 2.75) is 17.7 Å². The zero-order valence-corrected chi connectivity index (χ0v) is 17.9. The molecule has 1 saturated heterocycles. The molecule has 2 amide bonds. The lowest BCUT2D eigenvalue weighted by Gasteiger charge is -2.15. The minimum absolute atomic E-state index is 0.0254. The molecule has 0 atom stereocenters. The molecule has 1 heterocycles. The Bertz CT molecular complexity index is 1080. The SMILES string of the molecule is O=C(CNC(=O)c1ccc(S(=O)(=O)N2CCCC2)cc1)N/N=C\c1c(F)cccc1Cl. The molecule has 31 heavy (non-hydrogen) atoms. The van der Waals surface area contributed by atoms with Crippen LogP contribution in [0.3, 0.4) is 0 Å². The predicted octanol–water partition coefficient (Wildman–Crippen LogP) is 2.14. The van der Waals surface area contributed by atoms with E-state index in [9.17, 15) is 22.4 Å². The smallest absolute Gasteiger partial charge is 0.259 e. The standard InChI is InChI=1S/C20H20ClFN4O4S/c21-17-4-3-5-18(22)16(17)12-24-25-19(27)13-23-20(28)14-6-8-15(9-7-14)31(29,30)26-10-1-2-11-26/h3-9,12H,1-2,10-11,13H2,(H,23,28)(H,25,27)/b24-12-. The van der Waals surface area contributed by atoms with Gasteiger partial charge in [0.2, 0.25) is 10.0 Å². The maximum Gasteiger partial charge on any atom is 0.259 e. The number of nitrogens with one attached hydrogen (secondary N) is 2. The molecule has 0 aliphatic carbocycles. The summed E-state index contributed by atoms with van der Waals surface area (Å²) in [5.41, 5.74) is 2.39. The largest absolute Gasteiger partial charge is 0.343 e. The van der Waals surface area contributed by atoms with Crippen LogP contribution in [-0.4, -0.2) is 50.4 Å². The minimum atomic E-state index is -3.56. The van der Waals surface area contributed by atoms with Crippen molar-refractivity contribution in [1.82, 2.24) is 15.0 Å². The van der Waals surface area contributed by atoms with E-state index >= 15 is 0 Å². The quantitative estimate of drug-likeness (QED) is 0.481. The van der Waals surface area contributed by atoms with Gasteiger partial charge in [-0.3, -0.25) is 9.59 Å². The van der Waals surface area contributed by atoms with Crippen molar-refractivity contribution in [3.63, 3.8) is 0 Å². The van der Waals surface area contributed by atoms with E-state index in [2.05, 4.69) is 15.8 Å². The number of sulfonamides is 1. The number of hydrazone groups is 1. The van der Waals surface area contributed by atoms with E-state index < -0.39 is 27.7 Å². The van der Waals surface area contributed by atoms with Gasteiger partial charge in [-0.2, -0.15) is 9.41 Å². The van der Waals surface area contributed by atoms with Crippen LogP contribution < -0.4 is 10.7 Å². The Hall–Kier alpha value is -2.82. The number of halogens is 2. The van der Waals surface area contributed by atoms with Gasteiger partial charge in [-0.05, 0) is 49.2 Å². The Kier molecular flexibility index (Phi) is 7.37. The Labute approximate surface area is 184 Å². The summed E-state index contributed by atoms with van der Waals surface area (Å²) in [7, 11) is -3.56. The highest BCUT2D eigenvalue weighted by molar-refractivity contribution is 7.89. The fraction of sp³-hybridized carbons (Fsp3) is 0.250. The molecular weight excluding hydrogens is 447 g/mol. The summed E-state index contributed by atoms with van der Waals surface area (Å²) in [5, 5.41) is 6.16. The Morgan fingerprint density at radius 1 is 1.13 bits per heavy atom. The van der Waals surface area contributed by atoms with Crippen molar-refractivity contribution >= 4 is 39.7 Å².